The molecule has 0 aromatic carbocycles. The lowest BCUT2D eigenvalue weighted by molar-refractivity contribution is 0.163. The van der Waals surface area contributed by atoms with Crippen LogP contribution in [0.15, 0.2) is 0 Å². The maximum absolute atomic E-state index is 4.74. The number of rotatable bonds is 3. The molecule has 0 aromatic heterocycles. The van der Waals surface area contributed by atoms with Crippen LogP contribution in [-0.4, -0.2) is 30.9 Å². The molecule has 3 nitrogen and oxygen atoms in total. The van der Waals surface area contributed by atoms with Gasteiger partial charge in [0.1, 0.15) is 0 Å². The fourth-order valence-electron chi connectivity index (χ4n) is 0.289. The Morgan fingerprint density at radius 1 is 0.778 bits per heavy atom. The Morgan fingerprint density at radius 2 is 1.00 bits per heavy atom. The van der Waals surface area contributed by atoms with Crippen molar-refractivity contribution in [3.8, 4) is 0 Å². The van der Waals surface area contributed by atoms with Gasteiger partial charge in [-0.2, -0.15) is 27.0 Å². The molecule has 9 heavy (non-hydrogen) atoms. The summed E-state index contributed by atoms with van der Waals surface area (Å²) >= 11 is 0. The van der Waals surface area contributed by atoms with Gasteiger partial charge in [-0.05, 0) is 0 Å². The molecule has 0 bridgehead atoms. The highest BCUT2D eigenvalue weighted by Gasteiger charge is 2.04. The third-order valence-corrected chi connectivity index (χ3v) is 1.73. The first kappa shape index (κ1) is 16.4. The fraction of sp³-hybridized carbons (Fsp3) is 1.00. The van der Waals surface area contributed by atoms with Gasteiger partial charge in [-0.25, -0.2) is 0 Å². The predicted molar refractivity (Wildman–Crippen MR) is 48.9 cm³/mol. The standard InChI is InChI=1S/C3H10O3Si.2H2S/c1-4-7(5-2)6-3;;/h7H,1-3H3;2*1H2. The molecule has 0 aliphatic heterocycles. The Labute approximate surface area is 71.5 Å². The Morgan fingerprint density at radius 3 is 1.00 bits per heavy atom. The van der Waals surface area contributed by atoms with E-state index in [1.54, 1.807) is 21.3 Å². The molecule has 0 atom stereocenters. The molecule has 0 aliphatic rings. The second kappa shape index (κ2) is 11.6. The topological polar surface area (TPSA) is 27.7 Å². The predicted octanol–water partition coefficient (Wildman–Crippen LogP) is -0.132. The zero-order valence-electron chi connectivity index (χ0n) is 5.80. The first-order valence-corrected chi connectivity index (χ1v) is 3.35. The molecule has 0 unspecified atom stereocenters. The highest BCUT2D eigenvalue weighted by molar-refractivity contribution is 7.59. The lowest BCUT2D eigenvalue weighted by atomic mass is 11.8. The van der Waals surface area contributed by atoms with Gasteiger partial charge in [-0.3, -0.25) is 0 Å². The Balaban J connectivity index is -0.000000180. The van der Waals surface area contributed by atoms with E-state index in [4.69, 9.17) is 13.3 Å². The molecule has 6 heteroatoms. The van der Waals surface area contributed by atoms with Crippen molar-refractivity contribution in [1.29, 1.82) is 0 Å². The van der Waals surface area contributed by atoms with Crippen molar-refractivity contribution in [3.05, 3.63) is 0 Å². The van der Waals surface area contributed by atoms with Crippen LogP contribution in [0.3, 0.4) is 0 Å². The highest BCUT2D eigenvalue weighted by atomic mass is 32.1. The summed E-state index contributed by atoms with van der Waals surface area (Å²) in [5.74, 6) is 0. The van der Waals surface area contributed by atoms with E-state index in [-0.39, 0.29) is 27.0 Å². The summed E-state index contributed by atoms with van der Waals surface area (Å²) in [4.78, 5) is 0. The van der Waals surface area contributed by atoms with E-state index in [0.717, 1.165) is 0 Å². The molecular weight excluding hydrogens is 176 g/mol. The third-order valence-electron chi connectivity index (χ3n) is 0.577. The molecule has 0 saturated carbocycles. The van der Waals surface area contributed by atoms with Crippen molar-refractivity contribution >= 4 is 36.5 Å². The quantitative estimate of drug-likeness (QED) is 0.580. The van der Waals surface area contributed by atoms with Crippen LogP contribution >= 0.6 is 27.0 Å². The van der Waals surface area contributed by atoms with E-state index in [0.29, 0.717) is 0 Å². The fourth-order valence-corrected chi connectivity index (χ4v) is 0.866. The van der Waals surface area contributed by atoms with Gasteiger partial charge in [0.15, 0.2) is 0 Å². The van der Waals surface area contributed by atoms with E-state index in [1.807, 2.05) is 0 Å². The highest BCUT2D eigenvalue weighted by Crippen LogP contribution is 1.81. The first-order valence-electron chi connectivity index (χ1n) is 1.93. The smallest absolute Gasteiger partial charge is 0.379 e. The molecule has 0 spiro atoms. The van der Waals surface area contributed by atoms with E-state index < -0.39 is 9.53 Å². The van der Waals surface area contributed by atoms with Crippen LogP contribution in [-0.2, 0) is 13.3 Å². The Hall–Kier alpha value is 0.797. The van der Waals surface area contributed by atoms with E-state index in [2.05, 4.69) is 0 Å². The largest absolute Gasteiger partial charge is 0.483 e. The molecule has 0 rings (SSSR count). The maximum atomic E-state index is 4.74. The van der Waals surface area contributed by atoms with Crippen LogP contribution in [0.4, 0.5) is 0 Å². The molecular formula is C3H14O3S2Si. The monoisotopic (exact) mass is 190 g/mol. The lowest BCUT2D eigenvalue weighted by Gasteiger charge is -2.05. The van der Waals surface area contributed by atoms with Crippen molar-refractivity contribution in [1.82, 2.24) is 0 Å². The minimum Gasteiger partial charge on any atom is -0.379 e. The maximum Gasteiger partial charge on any atom is 0.483 e. The van der Waals surface area contributed by atoms with Crippen LogP contribution in [0, 0.1) is 0 Å². The molecule has 60 valence electrons. The Kier molecular flexibility index (Phi) is 21.1. The summed E-state index contributed by atoms with van der Waals surface area (Å²) in [6, 6.07) is 0. The summed E-state index contributed by atoms with van der Waals surface area (Å²) in [6.07, 6.45) is 0. The number of hydrogen-bond acceptors (Lipinski definition) is 3. The van der Waals surface area contributed by atoms with E-state index in [1.165, 1.54) is 0 Å². The van der Waals surface area contributed by atoms with Crippen LogP contribution < -0.4 is 0 Å². The average Bonchev–Trinajstić information content (AvgIpc) is 1.72. The van der Waals surface area contributed by atoms with Gasteiger partial charge in [0, 0.05) is 21.3 Å². The zero-order chi connectivity index (χ0) is 5.70. The van der Waals surface area contributed by atoms with Crippen molar-refractivity contribution in [3.63, 3.8) is 0 Å². The van der Waals surface area contributed by atoms with Crippen LogP contribution in [0.2, 0.25) is 0 Å². The van der Waals surface area contributed by atoms with Gasteiger partial charge in [0.25, 0.3) is 0 Å². The number of hydrogen-bond donors (Lipinski definition) is 0. The molecule has 0 aromatic rings. The van der Waals surface area contributed by atoms with Crippen molar-refractivity contribution < 1.29 is 13.3 Å². The van der Waals surface area contributed by atoms with E-state index >= 15 is 0 Å². The van der Waals surface area contributed by atoms with Crippen LogP contribution in [0.1, 0.15) is 0 Å². The van der Waals surface area contributed by atoms with Crippen molar-refractivity contribution in [2.45, 2.75) is 0 Å². The van der Waals surface area contributed by atoms with Crippen molar-refractivity contribution in [2.24, 2.45) is 0 Å². The summed E-state index contributed by atoms with van der Waals surface area (Å²) in [6.45, 7) is 0. The molecule has 0 fully saturated rings. The van der Waals surface area contributed by atoms with Gasteiger partial charge in [-0.1, -0.05) is 0 Å². The second-order valence-corrected chi connectivity index (χ2v) is 2.99. The molecule has 0 radical (unpaired) electrons. The first-order chi connectivity index (χ1) is 3.35. The third kappa shape index (κ3) is 8.80. The minimum atomic E-state index is -1.67. The van der Waals surface area contributed by atoms with Gasteiger partial charge in [0.05, 0.1) is 0 Å². The van der Waals surface area contributed by atoms with Gasteiger partial charge in [-0.15, -0.1) is 0 Å². The molecule has 0 aliphatic carbocycles. The summed E-state index contributed by atoms with van der Waals surface area (Å²) in [7, 11) is 3.05. The molecule has 0 saturated heterocycles. The minimum absolute atomic E-state index is 0. The van der Waals surface area contributed by atoms with Gasteiger partial charge >= 0.3 is 9.53 Å². The zero-order valence-corrected chi connectivity index (χ0v) is 8.96. The summed E-state index contributed by atoms with van der Waals surface area (Å²) < 4.78 is 14.2. The summed E-state index contributed by atoms with van der Waals surface area (Å²) in [5.41, 5.74) is 0. The van der Waals surface area contributed by atoms with Gasteiger partial charge < -0.3 is 13.3 Å². The SMILES string of the molecule is CO[SiH](OC)OC.S.S. The molecule has 0 N–H and O–H groups in total. The normalized spacial score (nSPS) is 8.00. The molecule has 0 heterocycles. The van der Waals surface area contributed by atoms with Gasteiger partial charge in [0.2, 0.25) is 0 Å². The second-order valence-electron chi connectivity index (χ2n) is 0.996. The van der Waals surface area contributed by atoms with Crippen LogP contribution in [0.25, 0.3) is 0 Å². The van der Waals surface area contributed by atoms with Crippen LogP contribution in [0.5, 0.6) is 0 Å². The summed E-state index contributed by atoms with van der Waals surface area (Å²) in [5, 5.41) is 0. The lowest BCUT2D eigenvalue weighted by Crippen LogP contribution is -2.21. The Bertz CT molecular complexity index is 38.5. The van der Waals surface area contributed by atoms with E-state index in [9.17, 15) is 0 Å². The average molecular weight is 190 g/mol. The molecule has 0 amide bonds. The van der Waals surface area contributed by atoms with Crippen molar-refractivity contribution in [2.75, 3.05) is 21.3 Å².